The molecule has 2 aromatic carbocycles. The van der Waals surface area contributed by atoms with E-state index in [2.05, 4.69) is 6.58 Å². The quantitative estimate of drug-likeness (QED) is 0.368. The van der Waals surface area contributed by atoms with Crippen molar-refractivity contribution in [3.8, 4) is 0 Å². The van der Waals surface area contributed by atoms with Gasteiger partial charge in [-0.1, -0.05) is 54.1 Å². The molecule has 0 aromatic heterocycles. The first kappa shape index (κ1) is 21.8. The highest BCUT2D eigenvalue weighted by Gasteiger charge is 2.17. The van der Waals surface area contributed by atoms with Gasteiger partial charge in [0.1, 0.15) is 0 Å². The molecule has 0 aliphatic carbocycles. The maximum Gasteiger partial charge on any atom is 0.334 e. The predicted molar refractivity (Wildman–Crippen MR) is 107 cm³/mol. The average molecular weight is 394 g/mol. The van der Waals surface area contributed by atoms with Crippen LogP contribution in [0.1, 0.15) is 38.3 Å². The van der Waals surface area contributed by atoms with Crippen molar-refractivity contribution >= 4 is 23.5 Å². The van der Waals surface area contributed by atoms with Crippen molar-refractivity contribution in [2.45, 2.75) is 20.3 Å². The Labute approximate surface area is 169 Å². The lowest BCUT2D eigenvalue weighted by Gasteiger charge is -2.08. The van der Waals surface area contributed by atoms with Gasteiger partial charge >= 0.3 is 11.9 Å². The van der Waals surface area contributed by atoms with E-state index < -0.39 is 31.6 Å². The lowest BCUT2D eigenvalue weighted by Crippen LogP contribution is -2.19. The highest BCUT2D eigenvalue weighted by Crippen LogP contribution is 2.09. The second-order valence-electron chi connectivity index (χ2n) is 6.60. The summed E-state index contributed by atoms with van der Waals surface area (Å²) in [5.74, 6) is -2.36. The minimum atomic E-state index is -0.868. The molecule has 0 amide bonds. The Morgan fingerprint density at radius 1 is 0.793 bits per heavy atom. The normalized spacial score (nSPS) is 10.1. The van der Waals surface area contributed by atoms with Crippen LogP contribution in [0.3, 0.4) is 0 Å². The molecule has 0 fully saturated rings. The van der Waals surface area contributed by atoms with E-state index in [0.717, 1.165) is 11.1 Å². The lowest BCUT2D eigenvalue weighted by molar-refractivity contribution is -0.145. The predicted octanol–water partition coefficient (Wildman–Crippen LogP) is 3.40. The molecule has 0 radical (unpaired) electrons. The third-order valence-corrected chi connectivity index (χ3v) is 4.03. The first-order valence-corrected chi connectivity index (χ1v) is 8.96. The lowest BCUT2D eigenvalue weighted by atomic mass is 10.1. The van der Waals surface area contributed by atoms with Gasteiger partial charge in [-0.2, -0.15) is 0 Å². The van der Waals surface area contributed by atoms with E-state index in [1.54, 1.807) is 36.4 Å². The van der Waals surface area contributed by atoms with E-state index >= 15 is 0 Å². The fourth-order valence-electron chi connectivity index (χ4n) is 2.48. The molecule has 2 aromatic rings. The average Bonchev–Trinajstić information content (AvgIpc) is 2.69. The van der Waals surface area contributed by atoms with Crippen molar-refractivity contribution in [3.63, 3.8) is 0 Å². The molecule has 0 atom stereocenters. The fourth-order valence-corrected chi connectivity index (χ4v) is 2.48. The van der Waals surface area contributed by atoms with E-state index in [-0.39, 0.29) is 17.1 Å². The number of ketones is 2. The number of carbonyl (C=O) groups excluding carboxylic acids is 4. The third kappa shape index (κ3) is 6.84. The molecule has 0 spiro atoms. The van der Waals surface area contributed by atoms with Crippen LogP contribution in [0.15, 0.2) is 60.7 Å². The molecule has 0 saturated heterocycles. The Bertz CT molecular complexity index is 957. The van der Waals surface area contributed by atoms with Gasteiger partial charge in [-0.25, -0.2) is 4.79 Å². The van der Waals surface area contributed by atoms with E-state index in [1.807, 2.05) is 26.0 Å². The molecule has 0 saturated carbocycles. The van der Waals surface area contributed by atoms with Gasteiger partial charge < -0.3 is 9.47 Å². The van der Waals surface area contributed by atoms with E-state index in [0.29, 0.717) is 11.1 Å². The number of rotatable bonds is 9. The molecule has 0 unspecified atom stereocenters. The van der Waals surface area contributed by atoms with Gasteiger partial charge in [0.2, 0.25) is 0 Å². The van der Waals surface area contributed by atoms with Gasteiger partial charge in [0.15, 0.2) is 24.8 Å². The Morgan fingerprint density at radius 2 is 1.28 bits per heavy atom. The van der Waals surface area contributed by atoms with Crippen molar-refractivity contribution in [1.29, 1.82) is 0 Å². The number of aryl methyl sites for hydroxylation is 2. The van der Waals surface area contributed by atoms with Gasteiger partial charge in [0, 0.05) is 16.7 Å². The van der Waals surface area contributed by atoms with Crippen molar-refractivity contribution in [3.05, 3.63) is 82.9 Å². The summed E-state index contributed by atoms with van der Waals surface area (Å²) in [4.78, 5) is 47.9. The standard InChI is InChI=1S/C23H22O6/c1-15-6-4-8-18(10-15)20(24)13-28-22(26)12-17(3)23(27)29-14-21(25)19-9-5-7-16(2)11-19/h4-11H,3,12-14H2,1-2H3. The van der Waals surface area contributed by atoms with Crippen LogP contribution in [-0.2, 0) is 19.1 Å². The molecule has 0 aliphatic heterocycles. The van der Waals surface area contributed by atoms with Crippen molar-refractivity contribution in [2.75, 3.05) is 13.2 Å². The zero-order valence-electron chi connectivity index (χ0n) is 16.4. The molecule has 6 nitrogen and oxygen atoms in total. The minimum absolute atomic E-state index is 0.157. The van der Waals surface area contributed by atoms with Gasteiger partial charge in [0.05, 0.1) is 6.42 Å². The largest absolute Gasteiger partial charge is 0.457 e. The molecule has 150 valence electrons. The Morgan fingerprint density at radius 3 is 1.76 bits per heavy atom. The summed E-state index contributed by atoms with van der Waals surface area (Å²) in [6, 6.07) is 13.8. The molecule has 2 rings (SSSR count). The Hall–Kier alpha value is -3.54. The van der Waals surface area contributed by atoms with Crippen molar-refractivity contribution in [2.24, 2.45) is 0 Å². The van der Waals surface area contributed by atoms with Crippen molar-refractivity contribution < 1.29 is 28.7 Å². The molecule has 6 heteroatoms. The molecule has 0 heterocycles. The van der Waals surface area contributed by atoms with Crippen LogP contribution in [0, 0.1) is 13.8 Å². The molecule has 0 bridgehead atoms. The highest BCUT2D eigenvalue weighted by atomic mass is 16.5. The monoisotopic (exact) mass is 394 g/mol. The van der Waals surface area contributed by atoms with Gasteiger partial charge in [-0.15, -0.1) is 0 Å². The van der Waals surface area contributed by atoms with Crippen LogP contribution >= 0.6 is 0 Å². The van der Waals surface area contributed by atoms with E-state index in [4.69, 9.17) is 9.47 Å². The SMILES string of the molecule is C=C(CC(=O)OCC(=O)c1cccc(C)c1)C(=O)OCC(=O)c1cccc(C)c1. The van der Waals surface area contributed by atoms with Crippen LogP contribution in [0.4, 0.5) is 0 Å². The number of hydrogen-bond acceptors (Lipinski definition) is 6. The third-order valence-electron chi connectivity index (χ3n) is 4.03. The van der Waals surface area contributed by atoms with Crippen LogP contribution < -0.4 is 0 Å². The maximum atomic E-state index is 12.0. The summed E-state index contributed by atoms with van der Waals surface area (Å²) in [5, 5.41) is 0. The number of carbonyl (C=O) groups is 4. The van der Waals surface area contributed by atoms with Gasteiger partial charge in [-0.3, -0.25) is 14.4 Å². The Balaban J connectivity index is 1.77. The van der Waals surface area contributed by atoms with Crippen LogP contribution in [0.2, 0.25) is 0 Å². The number of ether oxygens (including phenoxy) is 2. The minimum Gasteiger partial charge on any atom is -0.457 e. The topological polar surface area (TPSA) is 86.7 Å². The molecular weight excluding hydrogens is 372 g/mol. The second-order valence-corrected chi connectivity index (χ2v) is 6.60. The summed E-state index contributed by atoms with van der Waals surface area (Å²) >= 11 is 0. The summed E-state index contributed by atoms with van der Waals surface area (Å²) in [5.41, 5.74) is 2.53. The Kier molecular flexibility index (Phi) is 7.60. The second kappa shape index (κ2) is 10.1. The van der Waals surface area contributed by atoms with Crippen LogP contribution in [-0.4, -0.2) is 36.7 Å². The summed E-state index contributed by atoms with van der Waals surface area (Å²) in [6.07, 6.45) is -0.432. The maximum absolute atomic E-state index is 12.0. The molecular formula is C23H22O6. The van der Waals surface area contributed by atoms with Crippen molar-refractivity contribution in [1.82, 2.24) is 0 Å². The fraction of sp³-hybridized carbons (Fsp3) is 0.217. The number of benzene rings is 2. The van der Waals surface area contributed by atoms with E-state index in [1.165, 1.54) is 0 Å². The first-order valence-electron chi connectivity index (χ1n) is 8.96. The van der Waals surface area contributed by atoms with Crippen LogP contribution in [0.25, 0.3) is 0 Å². The molecule has 29 heavy (non-hydrogen) atoms. The summed E-state index contributed by atoms with van der Waals surface area (Å²) < 4.78 is 9.81. The molecule has 0 aliphatic rings. The number of Topliss-reactive ketones (excluding diaryl/α,β-unsaturated/α-hetero) is 2. The van der Waals surface area contributed by atoms with Gasteiger partial charge in [0.25, 0.3) is 0 Å². The van der Waals surface area contributed by atoms with Gasteiger partial charge in [-0.05, 0) is 26.0 Å². The highest BCUT2D eigenvalue weighted by molar-refractivity contribution is 6.00. The van der Waals surface area contributed by atoms with E-state index in [9.17, 15) is 19.2 Å². The molecule has 0 N–H and O–H groups in total. The number of esters is 2. The summed E-state index contributed by atoms with van der Waals surface area (Å²) in [6.45, 7) is 6.29. The number of hydrogen-bond donors (Lipinski definition) is 0. The zero-order valence-corrected chi connectivity index (χ0v) is 16.4. The van der Waals surface area contributed by atoms with Crippen LogP contribution in [0.5, 0.6) is 0 Å². The zero-order chi connectivity index (χ0) is 21.4. The smallest absolute Gasteiger partial charge is 0.334 e. The first-order chi connectivity index (χ1) is 13.8. The summed E-state index contributed by atoms with van der Waals surface area (Å²) in [7, 11) is 0.